The lowest BCUT2D eigenvalue weighted by molar-refractivity contribution is 0.0300. The highest BCUT2D eigenvalue weighted by Gasteiger charge is 2.40. The molecule has 0 amide bonds. The minimum atomic E-state index is -2.80. The monoisotopic (exact) mass is 504 g/mol. The van der Waals surface area contributed by atoms with Gasteiger partial charge in [0.05, 0.1) is 12.2 Å². The first-order valence-corrected chi connectivity index (χ1v) is 14.5. The predicted octanol–water partition coefficient (Wildman–Crippen LogP) is 6.01. The van der Waals surface area contributed by atoms with Gasteiger partial charge in [-0.15, -0.1) is 0 Å². The summed E-state index contributed by atoms with van der Waals surface area (Å²) in [7, 11) is -2.80. The number of benzene rings is 2. The van der Waals surface area contributed by atoms with E-state index in [4.69, 9.17) is 18.0 Å². The van der Waals surface area contributed by atoms with E-state index in [2.05, 4.69) is 0 Å². The van der Waals surface area contributed by atoms with Crippen molar-refractivity contribution in [2.45, 2.75) is 79.2 Å². The number of ether oxygens (including phenoxy) is 1. The van der Waals surface area contributed by atoms with Crippen LogP contribution in [-0.2, 0) is 24.4 Å². The van der Waals surface area contributed by atoms with Crippen LogP contribution in [0.5, 0.6) is 0 Å². The first-order chi connectivity index (χ1) is 16.7. The van der Waals surface area contributed by atoms with Gasteiger partial charge in [-0.25, -0.2) is 0 Å². The van der Waals surface area contributed by atoms with Crippen molar-refractivity contribution in [3.63, 3.8) is 0 Å². The maximum absolute atomic E-state index is 12.9. The summed E-state index contributed by atoms with van der Waals surface area (Å²) in [6.45, 7) is 15.5. The van der Waals surface area contributed by atoms with Crippen LogP contribution in [0.25, 0.3) is 0 Å². The van der Waals surface area contributed by atoms with Gasteiger partial charge in [0.15, 0.2) is 5.78 Å². The van der Waals surface area contributed by atoms with E-state index in [-0.39, 0.29) is 5.78 Å². The summed E-state index contributed by atoms with van der Waals surface area (Å²) < 4.78 is 23.0. The van der Waals surface area contributed by atoms with E-state index in [0.717, 1.165) is 5.56 Å². The Morgan fingerprint density at radius 1 is 0.800 bits per heavy atom. The lowest BCUT2D eigenvalue weighted by Crippen LogP contribution is -2.46. The molecule has 0 aliphatic heterocycles. The number of hydrogen-bond acceptors (Lipinski definition) is 6. The molecule has 0 aromatic heterocycles. The van der Waals surface area contributed by atoms with Gasteiger partial charge in [0, 0.05) is 31.4 Å². The van der Waals surface area contributed by atoms with Crippen LogP contribution in [0, 0.1) is 0 Å². The zero-order valence-electron chi connectivity index (χ0n) is 22.5. The van der Waals surface area contributed by atoms with Crippen molar-refractivity contribution in [3.05, 3.63) is 71.3 Å². The fourth-order valence-electron chi connectivity index (χ4n) is 3.75. The SMILES string of the molecule is CC(C)OC(C)C.CCO[Si](CCc1ccccc1C(=O)C(O)c1ccccc1)(OCC)OCC. The molecule has 2 aromatic rings. The van der Waals surface area contributed by atoms with Crippen molar-refractivity contribution in [2.75, 3.05) is 19.8 Å². The van der Waals surface area contributed by atoms with Crippen molar-refractivity contribution in [2.24, 2.45) is 0 Å². The number of aryl methyl sites for hydroxylation is 1. The predicted molar refractivity (Wildman–Crippen MR) is 143 cm³/mol. The molecule has 0 bridgehead atoms. The molecule has 0 saturated heterocycles. The molecule has 6 nitrogen and oxygen atoms in total. The summed E-state index contributed by atoms with van der Waals surface area (Å²) in [5.41, 5.74) is 1.97. The Kier molecular flexibility index (Phi) is 14.9. The van der Waals surface area contributed by atoms with Crippen LogP contribution in [0.2, 0.25) is 6.04 Å². The fraction of sp³-hybridized carbons (Fsp3) is 0.536. The van der Waals surface area contributed by atoms with Crippen LogP contribution in [0.4, 0.5) is 0 Å². The molecule has 1 N–H and O–H groups in total. The normalized spacial score (nSPS) is 12.4. The van der Waals surface area contributed by atoms with Crippen molar-refractivity contribution in [3.8, 4) is 0 Å². The second kappa shape index (κ2) is 16.7. The molecule has 0 fully saturated rings. The highest BCUT2D eigenvalue weighted by atomic mass is 28.4. The Balaban J connectivity index is 0.000000762. The molecule has 7 heteroatoms. The van der Waals surface area contributed by atoms with Crippen LogP contribution in [0.15, 0.2) is 54.6 Å². The van der Waals surface area contributed by atoms with E-state index in [0.29, 0.717) is 55.6 Å². The Labute approximate surface area is 212 Å². The molecule has 0 spiro atoms. The summed E-state index contributed by atoms with van der Waals surface area (Å²) in [5, 5.41) is 10.5. The van der Waals surface area contributed by atoms with Gasteiger partial charge < -0.3 is 23.1 Å². The van der Waals surface area contributed by atoms with Crippen LogP contribution in [-0.4, -0.2) is 51.7 Å². The standard InChI is InChI=1S/C22H30O5Si.C6H14O/c1-4-25-28(26-5-2,27-6-3)17-16-18-12-10-11-15-20(18)22(24)21(23)19-13-8-7-9-14-19;1-5(2)7-6(3)4/h7-15,21,23H,4-6,16-17H2,1-3H3;5-6H,1-4H3. The number of carbonyl (C=O) groups is 1. The van der Waals surface area contributed by atoms with E-state index in [1.165, 1.54) is 0 Å². The first kappa shape index (κ1) is 31.2. The molecule has 0 heterocycles. The average molecular weight is 505 g/mol. The van der Waals surface area contributed by atoms with Crippen LogP contribution >= 0.6 is 0 Å². The molecule has 35 heavy (non-hydrogen) atoms. The highest BCUT2D eigenvalue weighted by molar-refractivity contribution is 6.60. The molecule has 1 atom stereocenters. The van der Waals surface area contributed by atoms with E-state index < -0.39 is 14.9 Å². The summed E-state index contributed by atoms with van der Waals surface area (Å²) in [6.07, 6.45) is 0.144. The Morgan fingerprint density at radius 3 is 1.74 bits per heavy atom. The zero-order valence-corrected chi connectivity index (χ0v) is 23.5. The van der Waals surface area contributed by atoms with E-state index >= 15 is 0 Å². The molecule has 0 aliphatic carbocycles. The van der Waals surface area contributed by atoms with Gasteiger partial charge in [0.25, 0.3) is 0 Å². The van der Waals surface area contributed by atoms with Gasteiger partial charge in [-0.05, 0) is 66.0 Å². The number of hydrogen-bond donors (Lipinski definition) is 1. The van der Waals surface area contributed by atoms with Gasteiger partial charge in [0.1, 0.15) is 6.10 Å². The second-order valence-electron chi connectivity index (χ2n) is 8.55. The van der Waals surface area contributed by atoms with Gasteiger partial charge in [-0.1, -0.05) is 54.6 Å². The molecular weight excluding hydrogens is 460 g/mol. The van der Waals surface area contributed by atoms with Crippen molar-refractivity contribution in [1.29, 1.82) is 0 Å². The molecule has 0 radical (unpaired) electrons. The highest BCUT2D eigenvalue weighted by Crippen LogP contribution is 2.25. The van der Waals surface area contributed by atoms with Crippen molar-refractivity contribution < 1.29 is 27.9 Å². The van der Waals surface area contributed by atoms with Gasteiger partial charge in [-0.3, -0.25) is 4.79 Å². The zero-order chi connectivity index (χ0) is 26.3. The lowest BCUT2D eigenvalue weighted by Gasteiger charge is -2.28. The topological polar surface area (TPSA) is 74.2 Å². The second-order valence-corrected chi connectivity index (χ2v) is 11.3. The van der Waals surface area contributed by atoms with Crippen molar-refractivity contribution >= 4 is 14.6 Å². The van der Waals surface area contributed by atoms with Crippen LogP contribution < -0.4 is 0 Å². The summed E-state index contributed by atoms with van der Waals surface area (Å²) >= 11 is 0. The molecule has 1 unspecified atom stereocenters. The fourth-order valence-corrected chi connectivity index (χ4v) is 6.32. The minimum Gasteiger partial charge on any atom is -0.380 e. The third-order valence-corrected chi connectivity index (χ3v) is 8.03. The Morgan fingerprint density at radius 2 is 1.29 bits per heavy atom. The van der Waals surface area contributed by atoms with Crippen LogP contribution in [0.3, 0.4) is 0 Å². The number of rotatable bonds is 14. The third-order valence-electron chi connectivity index (χ3n) is 4.98. The molecule has 0 aliphatic rings. The molecule has 196 valence electrons. The van der Waals surface area contributed by atoms with Gasteiger partial charge >= 0.3 is 8.80 Å². The summed E-state index contributed by atoms with van der Waals surface area (Å²) in [5.74, 6) is -0.307. The van der Waals surface area contributed by atoms with E-state index in [9.17, 15) is 9.90 Å². The average Bonchev–Trinajstić information content (AvgIpc) is 2.82. The number of carbonyl (C=O) groups excluding carboxylic acids is 1. The molecular formula is C28H44O6Si. The minimum absolute atomic E-state index is 0.307. The third kappa shape index (κ3) is 11.2. The Hall–Kier alpha value is -1.87. The number of ketones is 1. The lowest BCUT2D eigenvalue weighted by atomic mass is 9.95. The number of Topliss-reactive ketones (excluding diaryl/α,β-unsaturated/α-hetero) is 1. The van der Waals surface area contributed by atoms with Crippen molar-refractivity contribution in [1.82, 2.24) is 0 Å². The van der Waals surface area contributed by atoms with E-state index in [1.54, 1.807) is 18.2 Å². The maximum Gasteiger partial charge on any atom is 0.501 e. The first-order valence-electron chi connectivity index (χ1n) is 12.6. The molecule has 2 aromatic carbocycles. The van der Waals surface area contributed by atoms with E-state index in [1.807, 2.05) is 84.9 Å². The molecule has 0 saturated carbocycles. The number of aliphatic hydroxyl groups excluding tert-OH is 1. The van der Waals surface area contributed by atoms with Gasteiger partial charge in [-0.2, -0.15) is 0 Å². The number of aliphatic hydroxyl groups is 1. The van der Waals surface area contributed by atoms with Gasteiger partial charge in [0.2, 0.25) is 0 Å². The largest absolute Gasteiger partial charge is 0.501 e. The summed E-state index contributed by atoms with van der Waals surface area (Å²) in [6, 6.07) is 16.9. The Bertz CT molecular complexity index is 817. The quantitative estimate of drug-likeness (QED) is 0.251. The maximum atomic E-state index is 12.9. The summed E-state index contributed by atoms with van der Waals surface area (Å²) in [4.78, 5) is 12.9. The van der Waals surface area contributed by atoms with Crippen LogP contribution in [0.1, 0.15) is 76.1 Å². The smallest absolute Gasteiger partial charge is 0.380 e. The molecule has 2 rings (SSSR count).